The Kier molecular flexibility index (Phi) is 9.55. The van der Waals surface area contributed by atoms with Crippen molar-refractivity contribution in [2.24, 2.45) is 0 Å². The molecule has 0 bridgehead atoms. The number of para-hydroxylation sites is 1. The highest BCUT2D eigenvalue weighted by atomic mass is 31.2. The van der Waals surface area contributed by atoms with Crippen LogP contribution in [-0.2, 0) is 32.9 Å². The Morgan fingerprint density at radius 2 is 1.90 bits per heavy atom. The number of aliphatic hydroxyl groups excluding tert-OH is 1. The number of nitrogens with one attached hydrogen (secondary N) is 1. The largest absolute Gasteiger partial charge is 0.462 e. The third-order valence-corrected chi connectivity index (χ3v) is 7.29. The second-order valence-electron chi connectivity index (χ2n) is 9.04. The molecule has 0 radical (unpaired) electrons. The van der Waals surface area contributed by atoms with E-state index in [9.17, 15) is 37.2 Å². The smallest absolute Gasteiger partial charge is 0.459 e. The number of aliphatic hydroxyl groups is 1. The molecule has 2 N–H and O–H groups in total. The number of hydrogen-bond acceptors (Lipinski definition) is 9. The van der Waals surface area contributed by atoms with Crippen LogP contribution in [0.15, 0.2) is 42.4 Å². The van der Waals surface area contributed by atoms with E-state index in [2.05, 4.69) is 5.09 Å². The van der Waals surface area contributed by atoms with E-state index in [1.54, 1.807) is 19.9 Å². The van der Waals surface area contributed by atoms with Crippen molar-refractivity contribution in [3.63, 3.8) is 0 Å². The third kappa shape index (κ3) is 6.84. The molecule has 1 fully saturated rings. The van der Waals surface area contributed by atoms with E-state index in [1.165, 1.54) is 31.2 Å². The van der Waals surface area contributed by atoms with Gasteiger partial charge in [-0.25, -0.2) is 22.1 Å². The molecule has 216 valence electrons. The van der Waals surface area contributed by atoms with Crippen molar-refractivity contribution in [2.75, 3.05) is 6.61 Å². The van der Waals surface area contributed by atoms with Crippen LogP contribution in [-0.4, -0.2) is 76.9 Å². The first-order chi connectivity index (χ1) is 18.2. The summed E-state index contributed by atoms with van der Waals surface area (Å²) >= 11 is 0. The van der Waals surface area contributed by atoms with Crippen molar-refractivity contribution < 1.29 is 60.1 Å². The molecule has 39 heavy (non-hydrogen) atoms. The summed E-state index contributed by atoms with van der Waals surface area (Å²) in [5.74, 6) is -4.77. The van der Waals surface area contributed by atoms with Crippen molar-refractivity contribution in [2.45, 2.75) is 69.9 Å². The number of allylic oxidation sites excluding steroid dienone is 1. The Labute approximate surface area is 220 Å². The molecule has 0 saturated carbocycles. The summed E-state index contributed by atoms with van der Waals surface area (Å²) in [5.41, 5.74) is -3.23. The van der Waals surface area contributed by atoms with Crippen molar-refractivity contribution in [3.05, 3.63) is 42.4 Å². The Morgan fingerprint density at radius 1 is 1.26 bits per heavy atom. The van der Waals surface area contributed by atoms with Crippen LogP contribution >= 0.6 is 7.75 Å². The first-order valence-electron chi connectivity index (χ1n) is 11.7. The maximum absolute atomic E-state index is 15.1. The van der Waals surface area contributed by atoms with Gasteiger partial charge in [0.05, 0.1) is 19.1 Å². The minimum atomic E-state index is -4.75. The first-order valence-corrected chi connectivity index (χ1v) is 13.2. The predicted octanol–water partition coefficient (Wildman–Crippen LogP) is 2.79. The normalized spacial score (nSPS) is 27.9. The van der Waals surface area contributed by atoms with E-state index < -0.39 is 86.9 Å². The van der Waals surface area contributed by atoms with Gasteiger partial charge in [-0.15, -0.1) is 0 Å². The van der Waals surface area contributed by atoms with Gasteiger partial charge in [-0.2, -0.15) is 5.09 Å². The molecule has 1 aromatic carbocycles. The van der Waals surface area contributed by atoms with Crippen molar-refractivity contribution >= 4 is 25.4 Å². The van der Waals surface area contributed by atoms with Gasteiger partial charge in [-0.05, 0) is 32.9 Å². The van der Waals surface area contributed by atoms with Crippen LogP contribution in [0.2, 0.25) is 0 Å². The summed E-state index contributed by atoms with van der Waals surface area (Å²) in [6.07, 6.45) is -12.6. The molecule has 2 aliphatic heterocycles. The average Bonchev–Trinajstić information content (AvgIpc) is 3.11. The van der Waals surface area contributed by atoms with Gasteiger partial charge in [0.1, 0.15) is 17.9 Å². The Morgan fingerprint density at radius 3 is 2.49 bits per heavy atom. The molecule has 0 aromatic heterocycles. The second-order valence-corrected chi connectivity index (χ2v) is 10.7. The molecule has 3 rings (SSSR count). The monoisotopic (exact) mass is 582 g/mol. The number of carbonyl (C=O) groups excluding carboxylic acids is 3. The molecular formula is C23H27F4N2O9P. The molecule has 16 heteroatoms. The molecule has 0 spiro atoms. The fourth-order valence-electron chi connectivity index (χ4n) is 3.67. The SMILES string of the molecule is CC(C)OC(=O)[C@H](C)NP(=O)(OC[C@@]1(C(F)F)O[C@@H](N2C=C(F)C(=O)CC2=O)[C@H](F)[C@@H]1O)Oc1ccccc1. The zero-order chi connectivity index (χ0) is 29.1. The number of nitrogens with zero attached hydrogens (tertiary/aromatic N) is 1. The van der Waals surface area contributed by atoms with Crippen LogP contribution in [0.4, 0.5) is 17.6 Å². The molecule has 2 aliphatic rings. The van der Waals surface area contributed by atoms with E-state index >= 15 is 4.39 Å². The van der Waals surface area contributed by atoms with Gasteiger partial charge in [0.2, 0.25) is 11.7 Å². The summed E-state index contributed by atoms with van der Waals surface area (Å²) in [6, 6.07) is 5.92. The zero-order valence-electron chi connectivity index (χ0n) is 21.0. The lowest BCUT2D eigenvalue weighted by Crippen LogP contribution is -2.52. The van der Waals surface area contributed by atoms with Gasteiger partial charge in [0.25, 0.3) is 6.43 Å². The van der Waals surface area contributed by atoms with Gasteiger partial charge >= 0.3 is 13.7 Å². The Balaban J connectivity index is 1.88. The molecule has 1 saturated heterocycles. The number of benzene rings is 1. The minimum absolute atomic E-state index is 0.0674. The molecular weight excluding hydrogens is 555 g/mol. The fraction of sp³-hybridized carbons (Fsp3) is 0.522. The minimum Gasteiger partial charge on any atom is -0.462 e. The fourth-order valence-corrected chi connectivity index (χ4v) is 5.20. The zero-order valence-corrected chi connectivity index (χ0v) is 21.9. The van der Waals surface area contributed by atoms with Crippen LogP contribution in [0.5, 0.6) is 5.75 Å². The van der Waals surface area contributed by atoms with Crippen molar-refractivity contribution in [1.82, 2.24) is 9.99 Å². The molecule has 2 heterocycles. The van der Waals surface area contributed by atoms with Gasteiger partial charge in [0.15, 0.2) is 23.8 Å². The molecule has 6 atom stereocenters. The lowest BCUT2D eigenvalue weighted by atomic mass is 9.97. The summed E-state index contributed by atoms with van der Waals surface area (Å²) < 4.78 is 91.7. The number of alkyl halides is 3. The number of halogens is 4. The number of rotatable bonds is 11. The summed E-state index contributed by atoms with van der Waals surface area (Å²) in [4.78, 5) is 36.1. The average molecular weight is 582 g/mol. The van der Waals surface area contributed by atoms with Crippen LogP contribution in [0, 0.1) is 0 Å². The van der Waals surface area contributed by atoms with Crippen molar-refractivity contribution in [3.8, 4) is 5.75 Å². The highest BCUT2D eigenvalue weighted by Gasteiger charge is 2.63. The van der Waals surface area contributed by atoms with Crippen LogP contribution in [0.25, 0.3) is 0 Å². The molecule has 1 amide bonds. The summed E-state index contributed by atoms with van der Waals surface area (Å²) in [7, 11) is -4.75. The molecule has 1 unspecified atom stereocenters. The van der Waals surface area contributed by atoms with Crippen LogP contribution in [0.1, 0.15) is 27.2 Å². The third-order valence-electron chi connectivity index (χ3n) is 5.66. The number of ketones is 1. The van der Waals surface area contributed by atoms with Crippen molar-refractivity contribution in [1.29, 1.82) is 0 Å². The standard InChI is InChI=1S/C23H27F4N2O9P/c1-12(2)36-21(33)13(3)28-39(34,38-14-7-5-4-6-8-14)35-11-23(22(26)27)19(32)18(25)20(37-23)29-10-15(24)16(30)9-17(29)31/h4-8,10,12-13,18-20,22,32H,9,11H2,1-3H3,(H,28,34)/t13-,18+,19-,20+,23+,39?/m0/s1. The van der Waals surface area contributed by atoms with Crippen LogP contribution < -0.4 is 9.61 Å². The first kappa shape index (κ1) is 30.7. The van der Waals surface area contributed by atoms with Gasteiger partial charge < -0.3 is 19.1 Å². The quantitative estimate of drug-likeness (QED) is 0.173. The van der Waals surface area contributed by atoms with E-state index in [4.69, 9.17) is 18.5 Å². The van der Waals surface area contributed by atoms with Crippen LogP contribution in [0.3, 0.4) is 0 Å². The summed E-state index contributed by atoms with van der Waals surface area (Å²) in [5, 5.41) is 12.7. The summed E-state index contributed by atoms with van der Waals surface area (Å²) in [6.45, 7) is 2.87. The van der Waals surface area contributed by atoms with Gasteiger partial charge in [-0.3, -0.25) is 23.8 Å². The maximum atomic E-state index is 15.1. The highest BCUT2D eigenvalue weighted by Crippen LogP contribution is 2.49. The van der Waals surface area contributed by atoms with Gasteiger partial charge in [0, 0.05) is 6.20 Å². The molecule has 11 nitrogen and oxygen atoms in total. The van der Waals surface area contributed by atoms with E-state index in [1.807, 2.05) is 0 Å². The number of esters is 1. The van der Waals surface area contributed by atoms with E-state index in [0.717, 1.165) is 0 Å². The second kappa shape index (κ2) is 12.1. The predicted molar refractivity (Wildman–Crippen MR) is 125 cm³/mol. The van der Waals surface area contributed by atoms with E-state index in [-0.39, 0.29) is 16.8 Å². The lowest BCUT2D eigenvalue weighted by Gasteiger charge is -2.33. The topological polar surface area (TPSA) is 141 Å². The number of hydrogen-bond donors (Lipinski definition) is 2. The molecule has 1 aromatic rings. The maximum Gasteiger partial charge on any atom is 0.459 e. The Hall–Kier alpha value is -2.84. The number of carbonyl (C=O) groups is 3. The van der Waals surface area contributed by atoms with Gasteiger partial charge in [-0.1, -0.05) is 18.2 Å². The lowest BCUT2D eigenvalue weighted by molar-refractivity contribution is -0.200. The number of amides is 1. The molecule has 0 aliphatic carbocycles. The Bertz CT molecular complexity index is 1160. The number of ether oxygens (including phenoxy) is 2. The number of Topliss-reactive ketones (excluding diaryl/α,β-unsaturated/α-hetero) is 1. The van der Waals surface area contributed by atoms with E-state index in [0.29, 0.717) is 0 Å². The highest BCUT2D eigenvalue weighted by molar-refractivity contribution is 7.52.